The predicted octanol–water partition coefficient (Wildman–Crippen LogP) is 3.84. The van der Waals surface area contributed by atoms with Crippen LogP contribution in [0.25, 0.3) is 0 Å². The normalized spacial score (nSPS) is 14.1. The number of rotatable bonds is 4. The molecule has 2 unspecified atom stereocenters. The van der Waals surface area contributed by atoms with E-state index in [0.29, 0.717) is 12.0 Å². The van der Waals surface area contributed by atoms with Gasteiger partial charge in [0.25, 0.3) is 0 Å². The predicted molar refractivity (Wildman–Crippen MR) is 72.6 cm³/mol. The molecule has 0 saturated heterocycles. The van der Waals surface area contributed by atoms with E-state index in [-0.39, 0.29) is 12.0 Å². The van der Waals surface area contributed by atoms with Crippen LogP contribution in [0.3, 0.4) is 0 Å². The molecule has 0 amide bonds. The minimum Gasteiger partial charge on any atom is -0.324 e. The second-order valence-corrected chi connectivity index (χ2v) is 4.83. The monoisotopic (exact) mass is 261 g/mol. The molecule has 100 valence electrons. The van der Waals surface area contributed by atoms with Crippen molar-refractivity contribution in [2.45, 2.75) is 19.4 Å². The molecule has 0 aromatic heterocycles. The summed E-state index contributed by atoms with van der Waals surface area (Å²) >= 11 is 0. The lowest BCUT2D eigenvalue weighted by atomic mass is 9.90. The van der Waals surface area contributed by atoms with Crippen LogP contribution in [0.1, 0.15) is 24.1 Å². The number of nitrogens with two attached hydrogens (primary N) is 1. The summed E-state index contributed by atoms with van der Waals surface area (Å²) in [7, 11) is 0. The standard InChI is InChI=1S/C16H17F2N/c1-11(16(19)12-6-3-2-4-7-12)10-13-8-5-9-14(17)15(13)18/h2-9,11,16H,10,19H2,1H3. The summed E-state index contributed by atoms with van der Waals surface area (Å²) in [6.07, 6.45) is 0.416. The molecule has 2 N–H and O–H groups in total. The highest BCUT2D eigenvalue weighted by atomic mass is 19.2. The molecule has 2 rings (SSSR count). The molecule has 0 spiro atoms. The first-order valence-electron chi connectivity index (χ1n) is 6.33. The number of hydrogen-bond donors (Lipinski definition) is 1. The van der Waals surface area contributed by atoms with Gasteiger partial charge in [-0.2, -0.15) is 0 Å². The molecule has 0 aliphatic carbocycles. The highest BCUT2D eigenvalue weighted by Crippen LogP contribution is 2.24. The van der Waals surface area contributed by atoms with Crippen LogP contribution in [0.2, 0.25) is 0 Å². The molecule has 0 heterocycles. The van der Waals surface area contributed by atoms with Crippen LogP contribution in [-0.2, 0) is 6.42 Å². The van der Waals surface area contributed by atoms with Gasteiger partial charge in [0.15, 0.2) is 11.6 Å². The van der Waals surface area contributed by atoms with Crippen LogP contribution >= 0.6 is 0 Å². The number of halogens is 2. The molecule has 2 aromatic carbocycles. The highest BCUT2D eigenvalue weighted by Gasteiger charge is 2.17. The van der Waals surface area contributed by atoms with Crippen molar-refractivity contribution in [2.24, 2.45) is 11.7 Å². The third kappa shape index (κ3) is 3.18. The number of benzene rings is 2. The molecule has 0 fully saturated rings. The van der Waals surface area contributed by atoms with Gasteiger partial charge in [-0.3, -0.25) is 0 Å². The topological polar surface area (TPSA) is 26.0 Å². The maximum absolute atomic E-state index is 13.6. The Morgan fingerprint density at radius 3 is 2.37 bits per heavy atom. The Hall–Kier alpha value is -1.74. The summed E-state index contributed by atoms with van der Waals surface area (Å²) in [5.41, 5.74) is 7.54. The Bertz CT molecular complexity index is 540. The van der Waals surface area contributed by atoms with Crippen molar-refractivity contribution >= 4 is 0 Å². The van der Waals surface area contributed by atoms with Gasteiger partial charge in [-0.25, -0.2) is 8.78 Å². The molecular weight excluding hydrogens is 244 g/mol. The van der Waals surface area contributed by atoms with Gasteiger partial charge >= 0.3 is 0 Å². The Labute approximate surface area is 112 Å². The van der Waals surface area contributed by atoms with E-state index < -0.39 is 11.6 Å². The summed E-state index contributed by atoms with van der Waals surface area (Å²) < 4.78 is 26.8. The molecule has 3 heteroatoms. The van der Waals surface area contributed by atoms with Crippen LogP contribution in [-0.4, -0.2) is 0 Å². The van der Waals surface area contributed by atoms with Gasteiger partial charge in [0.1, 0.15) is 0 Å². The summed E-state index contributed by atoms with van der Waals surface area (Å²) in [4.78, 5) is 0. The van der Waals surface area contributed by atoms with Gasteiger partial charge in [-0.05, 0) is 29.5 Å². The molecular formula is C16H17F2N. The fraction of sp³-hybridized carbons (Fsp3) is 0.250. The lowest BCUT2D eigenvalue weighted by Crippen LogP contribution is -2.21. The lowest BCUT2D eigenvalue weighted by molar-refractivity contribution is 0.444. The largest absolute Gasteiger partial charge is 0.324 e. The van der Waals surface area contributed by atoms with Gasteiger partial charge in [0.05, 0.1) is 0 Å². The van der Waals surface area contributed by atoms with E-state index in [1.54, 1.807) is 6.07 Å². The molecule has 19 heavy (non-hydrogen) atoms. The summed E-state index contributed by atoms with van der Waals surface area (Å²) in [5.74, 6) is -1.55. The highest BCUT2D eigenvalue weighted by molar-refractivity contribution is 5.22. The average molecular weight is 261 g/mol. The van der Waals surface area contributed by atoms with E-state index >= 15 is 0 Å². The van der Waals surface area contributed by atoms with E-state index in [1.807, 2.05) is 37.3 Å². The quantitative estimate of drug-likeness (QED) is 0.889. The van der Waals surface area contributed by atoms with E-state index in [0.717, 1.165) is 11.6 Å². The molecule has 0 radical (unpaired) electrons. The first-order chi connectivity index (χ1) is 9.09. The van der Waals surface area contributed by atoms with Crippen molar-refractivity contribution in [2.75, 3.05) is 0 Å². The van der Waals surface area contributed by atoms with Crippen LogP contribution in [0.5, 0.6) is 0 Å². The van der Waals surface area contributed by atoms with Crippen LogP contribution in [0, 0.1) is 17.6 Å². The second kappa shape index (κ2) is 5.93. The van der Waals surface area contributed by atoms with E-state index in [2.05, 4.69) is 0 Å². The molecule has 0 bridgehead atoms. The SMILES string of the molecule is CC(Cc1cccc(F)c1F)C(N)c1ccccc1. The zero-order chi connectivity index (χ0) is 13.8. The molecule has 2 atom stereocenters. The van der Waals surface area contributed by atoms with Crippen molar-refractivity contribution < 1.29 is 8.78 Å². The van der Waals surface area contributed by atoms with Gasteiger partial charge in [-0.15, -0.1) is 0 Å². The minimum atomic E-state index is -0.807. The zero-order valence-electron chi connectivity index (χ0n) is 10.8. The fourth-order valence-corrected chi connectivity index (χ4v) is 2.18. The molecule has 0 aliphatic heterocycles. The molecule has 1 nitrogen and oxygen atoms in total. The molecule has 0 aliphatic rings. The van der Waals surface area contributed by atoms with E-state index in [1.165, 1.54) is 6.07 Å². The third-order valence-corrected chi connectivity index (χ3v) is 3.37. The Morgan fingerprint density at radius 2 is 1.68 bits per heavy atom. The third-order valence-electron chi connectivity index (χ3n) is 3.37. The van der Waals surface area contributed by atoms with Gasteiger partial charge < -0.3 is 5.73 Å². The maximum atomic E-state index is 13.6. The van der Waals surface area contributed by atoms with Crippen molar-refractivity contribution in [3.63, 3.8) is 0 Å². The summed E-state index contributed by atoms with van der Waals surface area (Å²) in [6.45, 7) is 1.95. The first-order valence-corrected chi connectivity index (χ1v) is 6.33. The molecule has 0 saturated carbocycles. The Kier molecular flexibility index (Phi) is 4.27. The Balaban J connectivity index is 2.13. The molecule has 2 aromatic rings. The van der Waals surface area contributed by atoms with Crippen molar-refractivity contribution in [3.05, 3.63) is 71.3 Å². The maximum Gasteiger partial charge on any atom is 0.162 e. The Morgan fingerprint density at radius 1 is 1.00 bits per heavy atom. The lowest BCUT2D eigenvalue weighted by Gasteiger charge is -2.20. The van der Waals surface area contributed by atoms with Crippen LogP contribution in [0.15, 0.2) is 48.5 Å². The van der Waals surface area contributed by atoms with Crippen molar-refractivity contribution in [1.82, 2.24) is 0 Å². The van der Waals surface area contributed by atoms with E-state index in [9.17, 15) is 8.78 Å². The number of hydrogen-bond acceptors (Lipinski definition) is 1. The van der Waals surface area contributed by atoms with Crippen molar-refractivity contribution in [1.29, 1.82) is 0 Å². The average Bonchev–Trinajstić information content (AvgIpc) is 2.44. The second-order valence-electron chi connectivity index (χ2n) is 4.83. The first kappa shape index (κ1) is 13.7. The van der Waals surface area contributed by atoms with E-state index in [4.69, 9.17) is 5.73 Å². The fourth-order valence-electron chi connectivity index (χ4n) is 2.18. The van der Waals surface area contributed by atoms with Crippen molar-refractivity contribution in [3.8, 4) is 0 Å². The van der Waals surface area contributed by atoms with Gasteiger partial charge in [-0.1, -0.05) is 49.4 Å². The minimum absolute atomic E-state index is 0.0266. The van der Waals surface area contributed by atoms with Gasteiger partial charge in [0.2, 0.25) is 0 Å². The van der Waals surface area contributed by atoms with Crippen LogP contribution in [0.4, 0.5) is 8.78 Å². The van der Waals surface area contributed by atoms with Gasteiger partial charge in [0, 0.05) is 6.04 Å². The smallest absolute Gasteiger partial charge is 0.162 e. The summed E-state index contributed by atoms with van der Waals surface area (Å²) in [6, 6.07) is 13.7. The summed E-state index contributed by atoms with van der Waals surface area (Å²) in [5, 5.41) is 0. The van der Waals surface area contributed by atoms with Crippen LogP contribution < -0.4 is 5.73 Å². The zero-order valence-corrected chi connectivity index (χ0v) is 10.8.